The number of rotatable bonds is 7. The second-order valence-electron chi connectivity index (χ2n) is 7.65. The first kappa shape index (κ1) is 18.5. The molecule has 0 amide bonds. The van der Waals surface area contributed by atoms with Crippen LogP contribution in [0.3, 0.4) is 0 Å². The maximum Gasteiger partial charge on any atom is 0.136 e. The van der Waals surface area contributed by atoms with Crippen molar-refractivity contribution in [1.29, 1.82) is 0 Å². The topological polar surface area (TPSA) is 17.1 Å². The number of benzene rings is 2. The van der Waals surface area contributed by atoms with Crippen molar-refractivity contribution in [3.05, 3.63) is 70.8 Å². The maximum atomic E-state index is 11.9. The van der Waals surface area contributed by atoms with Crippen LogP contribution in [0.1, 0.15) is 61.8 Å². The summed E-state index contributed by atoms with van der Waals surface area (Å²) in [6.07, 6.45) is 6.20. The highest BCUT2D eigenvalue weighted by Crippen LogP contribution is 2.32. The van der Waals surface area contributed by atoms with Crippen molar-refractivity contribution in [1.82, 2.24) is 0 Å². The lowest BCUT2D eigenvalue weighted by Crippen LogP contribution is -2.09. The van der Waals surface area contributed by atoms with Gasteiger partial charge in [-0.3, -0.25) is 4.79 Å². The highest BCUT2D eigenvalue weighted by atomic mass is 16.1. The molecule has 0 aliphatic heterocycles. The van der Waals surface area contributed by atoms with E-state index in [1.165, 1.54) is 17.5 Å². The number of carbonyl (C=O) groups excluding carboxylic acids is 1. The molecule has 26 heavy (non-hydrogen) atoms. The van der Waals surface area contributed by atoms with E-state index in [1.54, 1.807) is 0 Å². The number of hydrogen-bond donors (Lipinski definition) is 0. The van der Waals surface area contributed by atoms with E-state index in [0.717, 1.165) is 43.2 Å². The van der Waals surface area contributed by atoms with Gasteiger partial charge in [-0.25, -0.2) is 0 Å². The van der Waals surface area contributed by atoms with Crippen LogP contribution in [-0.4, -0.2) is 5.78 Å². The molecule has 1 aliphatic carbocycles. The van der Waals surface area contributed by atoms with Gasteiger partial charge in [0.15, 0.2) is 0 Å². The monoisotopic (exact) mass is 344 g/mol. The Labute approximate surface area is 157 Å². The Bertz CT molecular complexity index is 783. The molecule has 1 heteroatoms. The third kappa shape index (κ3) is 5.60. The number of carbonyl (C=O) groups is 1. The molecule has 1 fully saturated rings. The largest absolute Gasteiger partial charge is 0.299 e. The summed E-state index contributed by atoms with van der Waals surface area (Å²) in [5.74, 6) is 7.75. The van der Waals surface area contributed by atoms with Crippen molar-refractivity contribution in [2.75, 3.05) is 0 Å². The molecule has 0 N–H and O–H groups in total. The van der Waals surface area contributed by atoms with Crippen LogP contribution in [0.5, 0.6) is 0 Å². The average Bonchev–Trinajstić information content (AvgIpc) is 3.48. The summed E-state index contributed by atoms with van der Waals surface area (Å²) in [6.45, 7) is 4.37. The molecular weight excluding hydrogens is 316 g/mol. The molecule has 0 heterocycles. The Morgan fingerprint density at radius 1 is 0.962 bits per heavy atom. The van der Waals surface area contributed by atoms with Crippen molar-refractivity contribution in [3.63, 3.8) is 0 Å². The fourth-order valence-electron chi connectivity index (χ4n) is 3.30. The minimum absolute atomic E-state index is 0.381. The molecule has 1 aliphatic rings. The molecule has 2 aromatic rings. The van der Waals surface area contributed by atoms with E-state index >= 15 is 0 Å². The molecule has 1 unspecified atom stereocenters. The molecular formula is C25H28O. The molecule has 1 atom stereocenters. The standard InChI is InChI=1S/C25H28O/c1-3-4-20-5-7-21(8-6-20)9-10-22-11-13-23(14-12-22)17-19(2)18-25(26)24-15-16-24/h5-8,11-14,19,24H,3-4,15-18H2,1-2H3. The summed E-state index contributed by atoms with van der Waals surface area (Å²) >= 11 is 0. The van der Waals surface area contributed by atoms with Gasteiger partial charge in [-0.05, 0) is 67.0 Å². The van der Waals surface area contributed by atoms with Crippen LogP contribution in [0, 0.1) is 23.7 Å². The van der Waals surface area contributed by atoms with Gasteiger partial charge in [0.1, 0.15) is 5.78 Å². The van der Waals surface area contributed by atoms with E-state index in [4.69, 9.17) is 0 Å². The second kappa shape index (κ2) is 8.86. The zero-order valence-corrected chi connectivity index (χ0v) is 15.9. The Balaban J connectivity index is 1.55. The van der Waals surface area contributed by atoms with Crippen molar-refractivity contribution in [2.45, 2.75) is 52.4 Å². The van der Waals surface area contributed by atoms with Gasteiger partial charge in [0.2, 0.25) is 0 Å². The first-order valence-electron chi connectivity index (χ1n) is 9.86. The number of aryl methyl sites for hydroxylation is 1. The maximum absolute atomic E-state index is 11.9. The van der Waals surface area contributed by atoms with Crippen LogP contribution < -0.4 is 0 Å². The van der Waals surface area contributed by atoms with Crippen LogP contribution in [0.15, 0.2) is 48.5 Å². The van der Waals surface area contributed by atoms with Crippen LogP contribution in [-0.2, 0) is 17.6 Å². The fourth-order valence-corrected chi connectivity index (χ4v) is 3.30. The molecule has 2 aromatic carbocycles. The lowest BCUT2D eigenvalue weighted by atomic mass is 9.94. The first-order chi connectivity index (χ1) is 12.6. The Morgan fingerprint density at radius 2 is 1.50 bits per heavy atom. The lowest BCUT2D eigenvalue weighted by molar-refractivity contribution is -0.121. The van der Waals surface area contributed by atoms with Crippen LogP contribution in [0.4, 0.5) is 0 Å². The zero-order valence-electron chi connectivity index (χ0n) is 15.9. The minimum Gasteiger partial charge on any atom is -0.299 e. The summed E-state index contributed by atoms with van der Waals surface area (Å²) in [6, 6.07) is 17.0. The van der Waals surface area contributed by atoms with Crippen LogP contribution >= 0.6 is 0 Å². The molecule has 0 aromatic heterocycles. The summed E-state index contributed by atoms with van der Waals surface area (Å²) in [5, 5.41) is 0. The Morgan fingerprint density at radius 3 is 2.00 bits per heavy atom. The SMILES string of the molecule is CCCc1ccc(C#Cc2ccc(CC(C)CC(=O)C3CC3)cc2)cc1. The third-order valence-corrected chi connectivity index (χ3v) is 4.96. The fraction of sp³-hybridized carbons (Fsp3) is 0.400. The quantitative estimate of drug-likeness (QED) is 0.599. The lowest BCUT2D eigenvalue weighted by Gasteiger charge is -2.10. The summed E-state index contributed by atoms with van der Waals surface area (Å²) in [5.41, 5.74) is 4.75. The number of Topliss-reactive ketones (excluding diaryl/α,β-unsaturated/α-hetero) is 1. The van der Waals surface area contributed by atoms with Gasteiger partial charge in [0.25, 0.3) is 0 Å². The second-order valence-corrected chi connectivity index (χ2v) is 7.65. The summed E-state index contributed by atoms with van der Waals surface area (Å²) < 4.78 is 0. The number of ketones is 1. The highest BCUT2D eigenvalue weighted by Gasteiger charge is 2.29. The smallest absolute Gasteiger partial charge is 0.136 e. The van der Waals surface area contributed by atoms with E-state index in [1.807, 2.05) is 0 Å². The molecule has 134 valence electrons. The summed E-state index contributed by atoms with van der Waals surface area (Å²) in [4.78, 5) is 11.9. The molecule has 0 radical (unpaired) electrons. The van der Waals surface area contributed by atoms with Gasteiger partial charge in [0, 0.05) is 23.5 Å². The van der Waals surface area contributed by atoms with Gasteiger partial charge in [-0.15, -0.1) is 0 Å². The van der Waals surface area contributed by atoms with Crippen LogP contribution in [0.25, 0.3) is 0 Å². The van der Waals surface area contributed by atoms with Crippen molar-refractivity contribution >= 4 is 5.78 Å². The molecule has 0 spiro atoms. The van der Waals surface area contributed by atoms with Gasteiger partial charge in [-0.2, -0.15) is 0 Å². The molecule has 1 nitrogen and oxygen atoms in total. The van der Waals surface area contributed by atoms with Gasteiger partial charge in [-0.1, -0.05) is 56.4 Å². The van der Waals surface area contributed by atoms with Gasteiger partial charge < -0.3 is 0 Å². The van der Waals surface area contributed by atoms with Gasteiger partial charge in [0.05, 0.1) is 0 Å². The normalized spacial score (nSPS) is 14.4. The molecule has 3 rings (SSSR count). The van der Waals surface area contributed by atoms with Crippen LogP contribution in [0.2, 0.25) is 0 Å². The van der Waals surface area contributed by atoms with E-state index in [-0.39, 0.29) is 0 Å². The Kier molecular flexibility index (Phi) is 6.29. The molecule has 0 saturated heterocycles. The van der Waals surface area contributed by atoms with Crippen molar-refractivity contribution in [3.8, 4) is 11.8 Å². The van der Waals surface area contributed by atoms with Gasteiger partial charge >= 0.3 is 0 Å². The molecule has 1 saturated carbocycles. The van der Waals surface area contributed by atoms with Crippen molar-refractivity contribution in [2.24, 2.45) is 11.8 Å². The third-order valence-electron chi connectivity index (χ3n) is 4.96. The number of hydrogen-bond acceptors (Lipinski definition) is 1. The zero-order chi connectivity index (χ0) is 18.4. The van der Waals surface area contributed by atoms with E-state index in [0.29, 0.717) is 17.6 Å². The average molecular weight is 344 g/mol. The Hall–Kier alpha value is -2.33. The predicted octanol–water partition coefficient (Wildman–Crippen LogP) is 5.59. The summed E-state index contributed by atoms with van der Waals surface area (Å²) in [7, 11) is 0. The highest BCUT2D eigenvalue weighted by molar-refractivity contribution is 5.83. The first-order valence-corrected chi connectivity index (χ1v) is 9.86. The van der Waals surface area contributed by atoms with E-state index in [2.05, 4.69) is 74.2 Å². The van der Waals surface area contributed by atoms with E-state index < -0.39 is 0 Å². The predicted molar refractivity (Wildman–Crippen MR) is 108 cm³/mol. The molecule has 0 bridgehead atoms. The van der Waals surface area contributed by atoms with Crippen molar-refractivity contribution < 1.29 is 4.79 Å². The minimum atomic E-state index is 0.381. The van der Waals surface area contributed by atoms with E-state index in [9.17, 15) is 4.79 Å².